The lowest BCUT2D eigenvalue weighted by Gasteiger charge is -2.43. The maximum atomic E-state index is 10.5. The van der Waals surface area contributed by atoms with Crippen molar-refractivity contribution in [3.63, 3.8) is 0 Å². The molecule has 0 aromatic rings. The van der Waals surface area contributed by atoms with Gasteiger partial charge in [0.05, 0.1) is 6.10 Å². The highest BCUT2D eigenvalue weighted by atomic mass is 16.3. The molecule has 0 aromatic heterocycles. The Bertz CT molecular complexity index is 358. The largest absolute Gasteiger partial charge is 0.392 e. The normalized spacial score (nSPS) is 59.7. The minimum atomic E-state index is -0.111. The first-order valence-corrected chi connectivity index (χ1v) is 6.81. The van der Waals surface area contributed by atoms with Crippen molar-refractivity contribution < 1.29 is 5.11 Å². The minimum absolute atomic E-state index is 0.0614. The van der Waals surface area contributed by atoms with E-state index < -0.39 is 0 Å². The second kappa shape index (κ2) is 2.93. The molecule has 0 heterocycles. The standard InChI is InChI=1S/C15H24O/c1-9-5-6-15-11(3)10(2)8-14(15,4)13(16)7-12(9)15/h8-9,11-13,16H,5-7H2,1-4H3/t9-,11-,12+,13?,14-,15?/m1/s1. The molecule has 0 saturated heterocycles. The quantitative estimate of drug-likeness (QED) is 0.620. The topological polar surface area (TPSA) is 20.2 Å². The van der Waals surface area contributed by atoms with Gasteiger partial charge < -0.3 is 5.11 Å². The smallest absolute Gasteiger partial charge is 0.0636 e. The third-order valence-corrected chi connectivity index (χ3v) is 6.52. The lowest BCUT2D eigenvalue weighted by molar-refractivity contribution is 0.0115. The fourth-order valence-electron chi connectivity index (χ4n) is 5.51. The van der Waals surface area contributed by atoms with Gasteiger partial charge in [0.2, 0.25) is 0 Å². The average Bonchev–Trinajstić information content (AvgIpc) is 2.72. The van der Waals surface area contributed by atoms with Crippen LogP contribution in [0.25, 0.3) is 0 Å². The van der Waals surface area contributed by atoms with Crippen molar-refractivity contribution >= 4 is 0 Å². The molecule has 6 atom stereocenters. The molecule has 1 spiro atoms. The summed E-state index contributed by atoms with van der Waals surface area (Å²) in [6.07, 6.45) is 6.01. The Morgan fingerprint density at radius 1 is 1.38 bits per heavy atom. The summed E-state index contributed by atoms with van der Waals surface area (Å²) < 4.78 is 0. The van der Waals surface area contributed by atoms with Gasteiger partial charge in [0.15, 0.2) is 0 Å². The molecule has 0 amide bonds. The first-order chi connectivity index (χ1) is 7.43. The van der Waals surface area contributed by atoms with E-state index in [0.717, 1.165) is 18.3 Å². The molecule has 1 N–H and O–H groups in total. The molecule has 3 aliphatic rings. The summed E-state index contributed by atoms with van der Waals surface area (Å²) in [5, 5.41) is 10.5. The minimum Gasteiger partial charge on any atom is -0.392 e. The van der Waals surface area contributed by atoms with Crippen LogP contribution in [-0.4, -0.2) is 11.2 Å². The molecule has 2 fully saturated rings. The van der Waals surface area contributed by atoms with Crippen molar-refractivity contribution in [1.29, 1.82) is 0 Å². The Morgan fingerprint density at radius 3 is 2.75 bits per heavy atom. The van der Waals surface area contributed by atoms with E-state index in [1.807, 2.05) is 0 Å². The molecule has 16 heavy (non-hydrogen) atoms. The zero-order chi connectivity index (χ0) is 11.7. The van der Waals surface area contributed by atoms with E-state index in [9.17, 15) is 5.11 Å². The molecule has 1 heteroatoms. The van der Waals surface area contributed by atoms with Crippen molar-refractivity contribution in [2.45, 2.75) is 53.1 Å². The molecule has 2 unspecified atom stereocenters. The van der Waals surface area contributed by atoms with Crippen LogP contribution >= 0.6 is 0 Å². The van der Waals surface area contributed by atoms with Gasteiger partial charge in [0.25, 0.3) is 0 Å². The maximum Gasteiger partial charge on any atom is 0.0636 e. The predicted octanol–water partition coefficient (Wildman–Crippen LogP) is 3.39. The molecule has 0 aliphatic heterocycles. The van der Waals surface area contributed by atoms with Gasteiger partial charge >= 0.3 is 0 Å². The number of rotatable bonds is 0. The molecule has 3 rings (SSSR count). The van der Waals surface area contributed by atoms with Crippen LogP contribution in [0.15, 0.2) is 11.6 Å². The predicted molar refractivity (Wildman–Crippen MR) is 66.0 cm³/mol. The fourth-order valence-corrected chi connectivity index (χ4v) is 5.51. The Hall–Kier alpha value is -0.300. The summed E-state index contributed by atoms with van der Waals surface area (Å²) >= 11 is 0. The zero-order valence-corrected chi connectivity index (χ0v) is 11.0. The van der Waals surface area contributed by atoms with Crippen molar-refractivity contribution in [2.75, 3.05) is 0 Å². The Balaban J connectivity index is 2.15. The van der Waals surface area contributed by atoms with Crippen LogP contribution in [0, 0.1) is 28.6 Å². The van der Waals surface area contributed by atoms with Gasteiger partial charge in [0.1, 0.15) is 0 Å². The van der Waals surface area contributed by atoms with Crippen LogP contribution in [-0.2, 0) is 0 Å². The third-order valence-electron chi connectivity index (χ3n) is 6.52. The monoisotopic (exact) mass is 220 g/mol. The van der Waals surface area contributed by atoms with Gasteiger partial charge in [-0.1, -0.05) is 32.4 Å². The van der Waals surface area contributed by atoms with E-state index in [1.165, 1.54) is 18.4 Å². The van der Waals surface area contributed by atoms with Gasteiger partial charge in [0, 0.05) is 5.41 Å². The van der Waals surface area contributed by atoms with E-state index in [-0.39, 0.29) is 11.5 Å². The highest BCUT2D eigenvalue weighted by Gasteiger charge is 2.68. The molecular weight excluding hydrogens is 196 g/mol. The van der Waals surface area contributed by atoms with Gasteiger partial charge in [-0.2, -0.15) is 0 Å². The summed E-state index contributed by atoms with van der Waals surface area (Å²) in [4.78, 5) is 0. The second-order valence-corrected chi connectivity index (χ2v) is 6.81. The van der Waals surface area contributed by atoms with Crippen LogP contribution in [0.1, 0.15) is 47.0 Å². The fraction of sp³-hybridized carbons (Fsp3) is 0.867. The molecule has 90 valence electrons. The van der Waals surface area contributed by atoms with Crippen molar-refractivity contribution in [1.82, 2.24) is 0 Å². The van der Waals surface area contributed by atoms with E-state index in [0.29, 0.717) is 11.3 Å². The molecule has 2 saturated carbocycles. The first kappa shape index (κ1) is 10.8. The molecule has 3 aliphatic carbocycles. The highest BCUT2D eigenvalue weighted by Crippen LogP contribution is 2.73. The van der Waals surface area contributed by atoms with Gasteiger partial charge in [-0.05, 0) is 49.4 Å². The number of aliphatic hydroxyl groups is 1. The SMILES string of the molecule is CC1=C[C@]2(C)C(O)C[C@H]3[C@H](C)CCC32[C@@H]1C. The second-order valence-electron chi connectivity index (χ2n) is 6.81. The lowest BCUT2D eigenvalue weighted by atomic mass is 9.61. The summed E-state index contributed by atoms with van der Waals surface area (Å²) in [5.74, 6) is 2.22. The Morgan fingerprint density at radius 2 is 2.06 bits per heavy atom. The summed E-state index contributed by atoms with van der Waals surface area (Å²) in [6.45, 7) is 9.34. The summed E-state index contributed by atoms with van der Waals surface area (Å²) in [5.41, 5.74) is 1.96. The highest BCUT2D eigenvalue weighted by molar-refractivity contribution is 5.33. The lowest BCUT2D eigenvalue weighted by Crippen LogP contribution is -2.41. The third kappa shape index (κ3) is 0.895. The zero-order valence-electron chi connectivity index (χ0n) is 11.0. The van der Waals surface area contributed by atoms with Crippen LogP contribution < -0.4 is 0 Å². The van der Waals surface area contributed by atoms with Crippen LogP contribution in [0.3, 0.4) is 0 Å². The molecule has 0 bridgehead atoms. The number of hydrogen-bond donors (Lipinski definition) is 1. The summed E-state index contributed by atoms with van der Waals surface area (Å²) in [6, 6.07) is 0. The van der Waals surface area contributed by atoms with Gasteiger partial charge in [-0.15, -0.1) is 0 Å². The van der Waals surface area contributed by atoms with Crippen molar-refractivity contribution in [3.05, 3.63) is 11.6 Å². The Labute approximate surface area is 98.9 Å². The van der Waals surface area contributed by atoms with Crippen LogP contribution in [0.2, 0.25) is 0 Å². The van der Waals surface area contributed by atoms with Crippen molar-refractivity contribution in [2.24, 2.45) is 28.6 Å². The van der Waals surface area contributed by atoms with E-state index in [2.05, 4.69) is 33.8 Å². The van der Waals surface area contributed by atoms with Gasteiger partial charge in [-0.3, -0.25) is 0 Å². The maximum absolute atomic E-state index is 10.5. The number of hydrogen-bond acceptors (Lipinski definition) is 1. The average molecular weight is 220 g/mol. The number of allylic oxidation sites excluding steroid dienone is 1. The molecule has 0 radical (unpaired) electrons. The van der Waals surface area contributed by atoms with E-state index >= 15 is 0 Å². The molecular formula is C15H24O. The first-order valence-electron chi connectivity index (χ1n) is 6.81. The number of aliphatic hydroxyl groups excluding tert-OH is 1. The van der Waals surface area contributed by atoms with Crippen LogP contribution in [0.4, 0.5) is 0 Å². The van der Waals surface area contributed by atoms with E-state index in [4.69, 9.17) is 0 Å². The molecule has 0 aromatic carbocycles. The summed E-state index contributed by atoms with van der Waals surface area (Å²) in [7, 11) is 0. The van der Waals surface area contributed by atoms with Crippen LogP contribution in [0.5, 0.6) is 0 Å². The van der Waals surface area contributed by atoms with Gasteiger partial charge in [-0.25, -0.2) is 0 Å². The van der Waals surface area contributed by atoms with E-state index in [1.54, 1.807) is 0 Å². The Kier molecular flexibility index (Phi) is 1.98. The molecule has 1 nitrogen and oxygen atoms in total. The van der Waals surface area contributed by atoms with Crippen molar-refractivity contribution in [3.8, 4) is 0 Å².